The van der Waals surface area contributed by atoms with Crippen LogP contribution in [0.4, 0.5) is 0 Å². The second kappa shape index (κ2) is 6.56. The molecule has 0 atom stereocenters. The predicted octanol–water partition coefficient (Wildman–Crippen LogP) is 2.72. The van der Waals surface area contributed by atoms with E-state index in [1.165, 1.54) is 17.8 Å². The third-order valence-electron chi connectivity index (χ3n) is 4.33. The number of thiophene rings is 1. The van der Waals surface area contributed by atoms with Gasteiger partial charge in [-0.15, -0.1) is 11.3 Å². The third-order valence-corrected chi connectivity index (χ3v) is 6.87. The molecular weight excluding hydrogens is 292 g/mol. The molecule has 2 rings (SSSR count). The van der Waals surface area contributed by atoms with Crippen molar-refractivity contribution in [3.05, 3.63) is 16.3 Å². The summed E-state index contributed by atoms with van der Waals surface area (Å²) >= 11 is 1.49. The van der Waals surface area contributed by atoms with Crippen LogP contribution in [-0.4, -0.2) is 21.5 Å². The molecule has 20 heavy (non-hydrogen) atoms. The molecule has 0 aliphatic heterocycles. The van der Waals surface area contributed by atoms with E-state index in [-0.39, 0.29) is 5.41 Å². The van der Waals surface area contributed by atoms with E-state index in [2.05, 4.69) is 17.0 Å². The lowest BCUT2D eigenvalue weighted by atomic mass is 9.67. The van der Waals surface area contributed by atoms with Gasteiger partial charge in [0.25, 0.3) is 0 Å². The van der Waals surface area contributed by atoms with Crippen molar-refractivity contribution < 1.29 is 8.42 Å². The number of rotatable bonds is 8. The molecule has 0 unspecified atom stereocenters. The highest BCUT2D eigenvalue weighted by Gasteiger charge is 2.36. The molecule has 1 saturated carbocycles. The predicted molar refractivity (Wildman–Crippen MR) is 83.5 cm³/mol. The molecule has 1 aliphatic rings. The minimum atomic E-state index is -3.38. The van der Waals surface area contributed by atoms with Gasteiger partial charge in [0.05, 0.1) is 4.90 Å². The summed E-state index contributed by atoms with van der Waals surface area (Å²) in [4.78, 5) is 1.33. The van der Waals surface area contributed by atoms with Crippen LogP contribution < -0.4 is 10.0 Å². The molecule has 0 bridgehead atoms. The lowest BCUT2D eigenvalue weighted by molar-refractivity contribution is 0.133. The zero-order valence-electron chi connectivity index (χ0n) is 12.2. The first kappa shape index (κ1) is 15.9. The van der Waals surface area contributed by atoms with Gasteiger partial charge >= 0.3 is 0 Å². The average Bonchev–Trinajstić information content (AvgIpc) is 2.84. The molecule has 0 saturated heterocycles. The molecule has 0 aromatic carbocycles. The van der Waals surface area contributed by atoms with E-state index in [0.717, 1.165) is 30.7 Å². The van der Waals surface area contributed by atoms with Gasteiger partial charge in [-0.2, -0.15) is 0 Å². The summed E-state index contributed by atoms with van der Waals surface area (Å²) in [6, 6.07) is 1.71. The molecule has 114 valence electrons. The largest absolute Gasteiger partial charge is 0.312 e. The highest BCUT2D eigenvalue weighted by Crippen LogP contribution is 2.43. The van der Waals surface area contributed by atoms with Gasteiger partial charge in [0.1, 0.15) is 0 Å². The van der Waals surface area contributed by atoms with Crippen molar-refractivity contribution in [2.24, 2.45) is 5.41 Å². The van der Waals surface area contributed by atoms with Gasteiger partial charge in [-0.3, -0.25) is 0 Å². The van der Waals surface area contributed by atoms with Gasteiger partial charge in [-0.25, -0.2) is 13.1 Å². The first-order valence-corrected chi connectivity index (χ1v) is 9.66. The van der Waals surface area contributed by atoms with Crippen LogP contribution in [-0.2, 0) is 16.6 Å². The molecule has 6 heteroatoms. The van der Waals surface area contributed by atoms with E-state index in [4.69, 9.17) is 0 Å². The Labute approximate surface area is 126 Å². The normalized spacial score (nSPS) is 17.9. The van der Waals surface area contributed by atoms with Crippen LogP contribution in [0.25, 0.3) is 0 Å². The average molecular weight is 316 g/mol. The van der Waals surface area contributed by atoms with Crippen LogP contribution in [0.2, 0.25) is 0 Å². The number of hydrogen-bond acceptors (Lipinski definition) is 4. The Bertz CT molecular complexity index is 528. The Morgan fingerprint density at radius 2 is 2.10 bits per heavy atom. The maximum absolute atomic E-state index is 12.4. The summed E-state index contributed by atoms with van der Waals surface area (Å²) in [5, 5.41) is 5.03. The molecule has 0 amide bonds. The second-order valence-corrected chi connectivity index (χ2v) is 8.26. The van der Waals surface area contributed by atoms with Crippen molar-refractivity contribution in [2.75, 3.05) is 13.1 Å². The number of nitrogens with one attached hydrogen (secondary N) is 2. The highest BCUT2D eigenvalue weighted by molar-refractivity contribution is 7.89. The molecular formula is C14H24N2O2S2. The summed E-state index contributed by atoms with van der Waals surface area (Å²) in [5.41, 5.74) is 0.199. The summed E-state index contributed by atoms with van der Waals surface area (Å²) in [5.74, 6) is 0. The van der Waals surface area contributed by atoms with Crippen LogP contribution in [0.1, 0.15) is 44.4 Å². The van der Waals surface area contributed by atoms with Crippen molar-refractivity contribution in [1.82, 2.24) is 10.0 Å². The van der Waals surface area contributed by atoms with E-state index in [0.29, 0.717) is 18.0 Å². The van der Waals surface area contributed by atoms with Crippen LogP contribution >= 0.6 is 11.3 Å². The van der Waals surface area contributed by atoms with Crippen LogP contribution in [0.5, 0.6) is 0 Å². The molecule has 1 fully saturated rings. The SMILES string of the molecule is CCNCc1sccc1S(=O)(=O)NCC1(CC)CCC1. The van der Waals surface area contributed by atoms with Gasteiger partial charge in [-0.05, 0) is 42.7 Å². The van der Waals surface area contributed by atoms with Crippen LogP contribution in [0.3, 0.4) is 0 Å². The third kappa shape index (κ3) is 3.42. The second-order valence-electron chi connectivity index (χ2n) is 5.52. The maximum atomic E-state index is 12.4. The molecule has 1 aromatic rings. The van der Waals surface area contributed by atoms with Gasteiger partial charge in [0, 0.05) is 18.0 Å². The zero-order valence-corrected chi connectivity index (χ0v) is 13.9. The Kier molecular flexibility index (Phi) is 5.23. The summed E-state index contributed by atoms with van der Waals surface area (Å²) in [6.07, 6.45) is 4.54. The minimum Gasteiger partial charge on any atom is -0.312 e. The van der Waals surface area contributed by atoms with Gasteiger partial charge in [0.15, 0.2) is 0 Å². The molecule has 1 aromatic heterocycles. The fourth-order valence-corrected chi connectivity index (χ4v) is 5.16. The van der Waals surface area contributed by atoms with Crippen molar-refractivity contribution in [3.63, 3.8) is 0 Å². The minimum absolute atomic E-state index is 0.199. The fraction of sp³-hybridized carbons (Fsp3) is 0.714. The quantitative estimate of drug-likeness (QED) is 0.775. The Balaban J connectivity index is 2.04. The zero-order chi connectivity index (χ0) is 14.6. The summed E-state index contributed by atoms with van der Waals surface area (Å²) in [6.45, 7) is 6.19. The highest BCUT2D eigenvalue weighted by atomic mass is 32.2. The van der Waals surface area contributed by atoms with Gasteiger partial charge in [0.2, 0.25) is 10.0 Å². The molecule has 1 heterocycles. The standard InChI is InChI=1S/C14H24N2O2S2/c1-3-14(7-5-8-14)11-16-20(17,18)13-6-9-19-12(13)10-15-4-2/h6,9,15-16H,3-5,7-8,10-11H2,1-2H3. The van der Waals surface area contributed by atoms with E-state index in [1.54, 1.807) is 6.07 Å². The Morgan fingerprint density at radius 3 is 2.65 bits per heavy atom. The molecule has 2 N–H and O–H groups in total. The Hall–Kier alpha value is -0.430. The Morgan fingerprint density at radius 1 is 1.35 bits per heavy atom. The topological polar surface area (TPSA) is 58.2 Å². The summed E-state index contributed by atoms with van der Waals surface area (Å²) in [7, 11) is -3.38. The van der Waals surface area contributed by atoms with Crippen molar-refractivity contribution >= 4 is 21.4 Å². The van der Waals surface area contributed by atoms with Crippen molar-refractivity contribution in [1.29, 1.82) is 0 Å². The maximum Gasteiger partial charge on any atom is 0.241 e. The van der Waals surface area contributed by atoms with E-state index in [1.807, 2.05) is 12.3 Å². The molecule has 4 nitrogen and oxygen atoms in total. The van der Waals surface area contributed by atoms with E-state index < -0.39 is 10.0 Å². The first-order chi connectivity index (χ1) is 9.53. The van der Waals surface area contributed by atoms with Crippen molar-refractivity contribution in [2.45, 2.75) is 51.0 Å². The van der Waals surface area contributed by atoms with E-state index >= 15 is 0 Å². The molecule has 0 radical (unpaired) electrons. The lowest BCUT2D eigenvalue weighted by Crippen LogP contribution is -2.41. The first-order valence-electron chi connectivity index (χ1n) is 7.30. The molecule has 0 spiro atoms. The van der Waals surface area contributed by atoms with Gasteiger partial charge < -0.3 is 5.32 Å². The number of hydrogen-bond donors (Lipinski definition) is 2. The van der Waals surface area contributed by atoms with Crippen LogP contribution in [0.15, 0.2) is 16.3 Å². The molecule has 1 aliphatic carbocycles. The van der Waals surface area contributed by atoms with Crippen LogP contribution in [0, 0.1) is 5.41 Å². The van der Waals surface area contributed by atoms with Crippen molar-refractivity contribution in [3.8, 4) is 0 Å². The van der Waals surface area contributed by atoms with E-state index in [9.17, 15) is 8.42 Å². The smallest absolute Gasteiger partial charge is 0.241 e. The monoisotopic (exact) mass is 316 g/mol. The summed E-state index contributed by atoms with van der Waals surface area (Å²) < 4.78 is 27.7. The fourth-order valence-electron chi connectivity index (χ4n) is 2.59. The number of sulfonamides is 1. The lowest BCUT2D eigenvalue weighted by Gasteiger charge is -2.41. The van der Waals surface area contributed by atoms with Gasteiger partial charge in [-0.1, -0.05) is 20.3 Å².